The molecule has 0 saturated carbocycles. The monoisotopic (exact) mass is 421 g/mol. The van der Waals surface area contributed by atoms with Crippen LogP contribution in [0.25, 0.3) is 11.2 Å². The third kappa shape index (κ3) is 5.20. The first-order chi connectivity index (χ1) is 13.4. The van der Waals surface area contributed by atoms with Crippen LogP contribution in [0.4, 0.5) is 5.69 Å². The van der Waals surface area contributed by atoms with Crippen molar-refractivity contribution >= 4 is 44.4 Å². The first-order valence-electron chi connectivity index (χ1n) is 8.27. The Hall–Kier alpha value is -2.66. The molecule has 3 aromatic rings. The van der Waals surface area contributed by atoms with E-state index in [0.29, 0.717) is 28.4 Å². The predicted octanol–water partition coefficient (Wildman–Crippen LogP) is 2.03. The normalized spacial score (nSPS) is 11.5. The first kappa shape index (κ1) is 20.1. The second-order valence-electron chi connectivity index (χ2n) is 6.03. The summed E-state index contributed by atoms with van der Waals surface area (Å²) in [6.45, 7) is 0. The number of carbonyl (C=O) groups excluding carboxylic acids is 1. The number of amides is 1. The van der Waals surface area contributed by atoms with Gasteiger partial charge in [-0.25, -0.2) is 23.4 Å². The number of aromatic nitrogens is 4. The van der Waals surface area contributed by atoms with Gasteiger partial charge >= 0.3 is 0 Å². The van der Waals surface area contributed by atoms with Crippen molar-refractivity contribution in [1.82, 2.24) is 19.9 Å². The number of imidazole rings is 1. The van der Waals surface area contributed by atoms with Gasteiger partial charge in [-0.2, -0.15) is 0 Å². The molecule has 0 unspecified atom stereocenters. The van der Waals surface area contributed by atoms with Crippen molar-refractivity contribution in [3.05, 3.63) is 36.4 Å². The number of carbonyl (C=O) groups is 1. The molecular weight excluding hydrogens is 402 g/mol. The number of benzene rings is 1. The number of aromatic amines is 1. The molecule has 3 rings (SSSR count). The fourth-order valence-corrected chi connectivity index (χ4v) is 4.23. The maximum absolute atomic E-state index is 12.3. The topological polar surface area (TPSA) is 127 Å². The average Bonchev–Trinajstić information content (AvgIpc) is 3.10. The Labute approximate surface area is 166 Å². The highest BCUT2D eigenvalue weighted by Gasteiger charge is 2.12. The molecule has 1 amide bonds. The van der Waals surface area contributed by atoms with Gasteiger partial charge in [-0.05, 0) is 17.7 Å². The molecule has 0 aliphatic rings. The van der Waals surface area contributed by atoms with Crippen molar-refractivity contribution in [3.8, 4) is 5.75 Å². The van der Waals surface area contributed by atoms with E-state index in [2.05, 4.69) is 25.3 Å². The molecule has 0 fully saturated rings. The van der Waals surface area contributed by atoms with Crippen molar-refractivity contribution in [1.29, 1.82) is 0 Å². The number of hydrogen-bond donors (Lipinski definition) is 2. The fourth-order valence-electron chi connectivity index (χ4n) is 2.55. The molecule has 148 valence electrons. The Morgan fingerprint density at radius 1 is 1.29 bits per heavy atom. The summed E-state index contributed by atoms with van der Waals surface area (Å²) in [5.41, 5.74) is 2.34. The molecule has 0 aliphatic heterocycles. The summed E-state index contributed by atoms with van der Waals surface area (Å²) in [7, 11) is -1.69. The Bertz CT molecular complexity index is 1100. The largest absolute Gasteiger partial charge is 0.495 e. The molecule has 0 aliphatic carbocycles. The van der Waals surface area contributed by atoms with E-state index in [9.17, 15) is 13.2 Å². The van der Waals surface area contributed by atoms with Crippen LogP contribution >= 0.6 is 11.8 Å². The zero-order valence-corrected chi connectivity index (χ0v) is 16.9. The summed E-state index contributed by atoms with van der Waals surface area (Å²) in [6, 6.07) is 4.92. The average molecular weight is 422 g/mol. The third-order valence-corrected chi connectivity index (χ3v) is 5.57. The van der Waals surface area contributed by atoms with Gasteiger partial charge in [0.25, 0.3) is 0 Å². The Kier molecular flexibility index (Phi) is 6.15. The van der Waals surface area contributed by atoms with Crippen LogP contribution in [0.5, 0.6) is 5.75 Å². The number of thioether (sulfide) groups is 1. The van der Waals surface area contributed by atoms with Crippen LogP contribution in [-0.4, -0.2) is 53.4 Å². The number of rotatable bonds is 8. The van der Waals surface area contributed by atoms with Crippen LogP contribution in [0.15, 0.2) is 35.9 Å². The Balaban J connectivity index is 1.62. The van der Waals surface area contributed by atoms with Crippen LogP contribution in [0.3, 0.4) is 0 Å². The molecule has 0 bridgehead atoms. The van der Waals surface area contributed by atoms with E-state index in [-0.39, 0.29) is 18.1 Å². The maximum atomic E-state index is 12.3. The van der Waals surface area contributed by atoms with Crippen molar-refractivity contribution in [2.75, 3.05) is 24.4 Å². The number of nitrogens with one attached hydrogen (secondary N) is 2. The molecule has 2 N–H and O–H groups in total. The van der Waals surface area contributed by atoms with E-state index < -0.39 is 9.84 Å². The second-order valence-corrected chi connectivity index (χ2v) is 9.26. The molecule has 0 atom stereocenters. The predicted molar refractivity (Wildman–Crippen MR) is 107 cm³/mol. The highest BCUT2D eigenvalue weighted by molar-refractivity contribution is 7.99. The highest BCUT2D eigenvalue weighted by atomic mass is 32.2. The first-order valence-corrected chi connectivity index (χ1v) is 11.3. The maximum Gasteiger partial charge on any atom is 0.225 e. The van der Waals surface area contributed by atoms with Gasteiger partial charge in [0.05, 0.1) is 24.9 Å². The standard InChI is InChI=1S/C17H19N5O4S2/c1-26-13-4-3-11(8-28(2,24)25)7-12(13)22-14(23)5-6-27-17-15-16(19-9-18-15)20-10-21-17/h3-4,7,9-10H,5-6,8H2,1-2H3,(H,22,23)(H,18,19,20,21). The van der Waals surface area contributed by atoms with E-state index in [4.69, 9.17) is 4.74 Å². The lowest BCUT2D eigenvalue weighted by molar-refractivity contribution is -0.115. The fraction of sp³-hybridized carbons (Fsp3) is 0.294. The summed E-state index contributed by atoms with van der Waals surface area (Å²) >= 11 is 1.42. The SMILES string of the molecule is COc1ccc(CS(C)(=O)=O)cc1NC(=O)CCSc1ncnc2nc[nH]c12. The van der Waals surface area contributed by atoms with Gasteiger partial charge < -0.3 is 15.0 Å². The van der Waals surface area contributed by atoms with E-state index in [1.165, 1.54) is 25.2 Å². The minimum Gasteiger partial charge on any atom is -0.495 e. The van der Waals surface area contributed by atoms with Crippen molar-refractivity contribution < 1.29 is 17.9 Å². The molecule has 11 heteroatoms. The molecular formula is C17H19N5O4S2. The lowest BCUT2D eigenvalue weighted by atomic mass is 10.2. The molecule has 0 saturated heterocycles. The van der Waals surface area contributed by atoms with Crippen molar-refractivity contribution in [2.45, 2.75) is 17.2 Å². The quantitative estimate of drug-likeness (QED) is 0.418. The van der Waals surface area contributed by atoms with Gasteiger partial charge in [0, 0.05) is 18.4 Å². The lowest BCUT2D eigenvalue weighted by Gasteiger charge is -2.12. The smallest absolute Gasteiger partial charge is 0.225 e. The van der Waals surface area contributed by atoms with Crippen LogP contribution < -0.4 is 10.1 Å². The van der Waals surface area contributed by atoms with Gasteiger partial charge in [-0.1, -0.05) is 6.07 Å². The lowest BCUT2D eigenvalue weighted by Crippen LogP contribution is -2.13. The zero-order chi connectivity index (χ0) is 20.1. The van der Waals surface area contributed by atoms with Crippen molar-refractivity contribution in [2.24, 2.45) is 0 Å². The van der Waals surface area contributed by atoms with Gasteiger partial charge in [0.1, 0.15) is 22.6 Å². The summed E-state index contributed by atoms with van der Waals surface area (Å²) < 4.78 is 28.2. The van der Waals surface area contributed by atoms with Crippen LogP contribution in [-0.2, 0) is 20.4 Å². The third-order valence-electron chi connectivity index (χ3n) is 3.72. The summed E-state index contributed by atoms with van der Waals surface area (Å²) in [5.74, 6) is 0.650. The molecule has 1 aromatic carbocycles. The van der Waals surface area contributed by atoms with E-state index in [1.807, 2.05) is 0 Å². The van der Waals surface area contributed by atoms with E-state index >= 15 is 0 Å². The van der Waals surface area contributed by atoms with Crippen LogP contribution in [0.2, 0.25) is 0 Å². The minimum atomic E-state index is -3.18. The number of methoxy groups -OCH3 is 1. The summed E-state index contributed by atoms with van der Waals surface area (Å²) in [5, 5.41) is 3.51. The van der Waals surface area contributed by atoms with Gasteiger partial charge in [-0.3, -0.25) is 4.79 Å². The Morgan fingerprint density at radius 2 is 2.11 bits per heavy atom. The highest BCUT2D eigenvalue weighted by Crippen LogP contribution is 2.27. The van der Waals surface area contributed by atoms with Crippen molar-refractivity contribution in [3.63, 3.8) is 0 Å². The van der Waals surface area contributed by atoms with Gasteiger partial charge in [0.15, 0.2) is 15.5 Å². The molecule has 9 nitrogen and oxygen atoms in total. The van der Waals surface area contributed by atoms with Crippen LogP contribution in [0.1, 0.15) is 12.0 Å². The number of anilines is 1. The second kappa shape index (κ2) is 8.57. The van der Waals surface area contributed by atoms with Gasteiger partial charge in [-0.15, -0.1) is 11.8 Å². The number of fused-ring (bicyclic) bond motifs is 1. The summed E-state index contributed by atoms with van der Waals surface area (Å²) in [4.78, 5) is 27.6. The number of sulfone groups is 1. The minimum absolute atomic E-state index is 0.108. The van der Waals surface area contributed by atoms with Gasteiger partial charge in [0.2, 0.25) is 5.91 Å². The van der Waals surface area contributed by atoms with E-state index in [0.717, 1.165) is 16.8 Å². The molecule has 0 radical (unpaired) electrons. The summed E-state index contributed by atoms with van der Waals surface area (Å²) in [6.07, 6.45) is 4.38. The number of ether oxygens (including phenoxy) is 1. The van der Waals surface area contributed by atoms with Crippen LogP contribution in [0, 0.1) is 0 Å². The molecule has 2 aromatic heterocycles. The number of H-pyrrole nitrogens is 1. The zero-order valence-electron chi connectivity index (χ0n) is 15.3. The number of hydrogen-bond acceptors (Lipinski definition) is 8. The van der Waals surface area contributed by atoms with E-state index in [1.54, 1.807) is 24.5 Å². The molecule has 2 heterocycles. The molecule has 0 spiro atoms. The number of nitrogens with zero attached hydrogens (tertiary/aromatic N) is 3. The Morgan fingerprint density at radius 3 is 2.86 bits per heavy atom. The molecule has 28 heavy (non-hydrogen) atoms.